The van der Waals surface area contributed by atoms with E-state index in [-0.39, 0.29) is 30.6 Å². The van der Waals surface area contributed by atoms with Gasteiger partial charge in [-0.25, -0.2) is 9.18 Å². The fraction of sp³-hybridized carbons (Fsp3) is 0.357. The van der Waals surface area contributed by atoms with E-state index < -0.39 is 11.6 Å². The van der Waals surface area contributed by atoms with E-state index in [1.165, 1.54) is 12.1 Å². The summed E-state index contributed by atoms with van der Waals surface area (Å²) in [4.78, 5) is 36.8. The molecular weight excluding hydrogens is 277 g/mol. The van der Waals surface area contributed by atoms with Gasteiger partial charge in [-0.3, -0.25) is 14.9 Å². The van der Waals surface area contributed by atoms with Gasteiger partial charge in [0.25, 0.3) is 5.91 Å². The zero-order valence-electron chi connectivity index (χ0n) is 11.2. The van der Waals surface area contributed by atoms with Crippen molar-refractivity contribution in [3.8, 4) is 0 Å². The Morgan fingerprint density at radius 2 is 2.00 bits per heavy atom. The summed E-state index contributed by atoms with van der Waals surface area (Å²) in [6.07, 6.45) is 0.547. The van der Waals surface area contributed by atoms with Crippen LogP contribution in [0.4, 0.5) is 9.18 Å². The summed E-state index contributed by atoms with van der Waals surface area (Å²) in [5.74, 6) is -0.881. The Morgan fingerprint density at radius 1 is 1.29 bits per heavy atom. The molecular formula is C14H14FN3O3. The van der Waals surface area contributed by atoms with Crippen LogP contribution in [0.5, 0.6) is 0 Å². The van der Waals surface area contributed by atoms with Crippen LogP contribution in [0.15, 0.2) is 24.3 Å². The van der Waals surface area contributed by atoms with E-state index in [1.807, 2.05) is 0 Å². The molecule has 1 spiro atoms. The normalized spacial score (nSPS) is 24.3. The zero-order valence-corrected chi connectivity index (χ0v) is 11.2. The number of likely N-dealkylation sites (tertiary alicyclic amines) is 1. The number of carbonyl (C=O) groups is 3. The summed E-state index contributed by atoms with van der Waals surface area (Å²) < 4.78 is 12.8. The number of halogens is 1. The van der Waals surface area contributed by atoms with E-state index in [0.29, 0.717) is 18.5 Å². The molecule has 2 saturated heterocycles. The number of hydrogen-bond acceptors (Lipinski definition) is 3. The summed E-state index contributed by atoms with van der Waals surface area (Å²) in [7, 11) is 0. The van der Waals surface area contributed by atoms with Crippen molar-refractivity contribution in [1.29, 1.82) is 0 Å². The van der Waals surface area contributed by atoms with Crippen LogP contribution in [0, 0.1) is 5.82 Å². The number of urea groups is 1. The van der Waals surface area contributed by atoms with Crippen LogP contribution in [0.3, 0.4) is 0 Å². The van der Waals surface area contributed by atoms with E-state index >= 15 is 0 Å². The van der Waals surface area contributed by atoms with Crippen molar-refractivity contribution in [2.75, 3.05) is 13.1 Å². The summed E-state index contributed by atoms with van der Waals surface area (Å²) >= 11 is 0. The lowest BCUT2D eigenvalue weighted by atomic mass is 9.99. The van der Waals surface area contributed by atoms with Crippen LogP contribution < -0.4 is 10.6 Å². The molecule has 0 aliphatic carbocycles. The molecule has 1 aromatic carbocycles. The van der Waals surface area contributed by atoms with Gasteiger partial charge < -0.3 is 10.2 Å². The SMILES string of the molecule is O=C1NC(=O)C2(CCN(C(=O)Cc3ccc(F)cc3)C2)N1. The summed E-state index contributed by atoms with van der Waals surface area (Å²) in [5, 5.41) is 4.79. The lowest BCUT2D eigenvalue weighted by molar-refractivity contribution is -0.130. The standard InChI is InChI=1S/C14H14FN3O3/c15-10-3-1-9(2-4-10)7-11(19)18-6-5-14(8-18)12(20)16-13(21)17-14/h1-4H,5-8H2,(H2,16,17,20,21). The summed E-state index contributed by atoms with van der Waals surface area (Å²) in [6, 6.07) is 5.21. The maximum absolute atomic E-state index is 12.8. The van der Waals surface area contributed by atoms with Gasteiger partial charge in [0.15, 0.2) is 0 Å². The van der Waals surface area contributed by atoms with Gasteiger partial charge in [0, 0.05) is 6.54 Å². The fourth-order valence-corrected chi connectivity index (χ4v) is 2.73. The molecule has 1 aromatic rings. The average molecular weight is 291 g/mol. The number of imide groups is 1. The second-order valence-electron chi connectivity index (χ2n) is 5.36. The molecule has 110 valence electrons. The molecule has 1 unspecified atom stereocenters. The minimum absolute atomic E-state index is 0.145. The highest BCUT2D eigenvalue weighted by atomic mass is 19.1. The topological polar surface area (TPSA) is 78.5 Å². The predicted molar refractivity (Wildman–Crippen MR) is 70.7 cm³/mol. The number of hydrogen-bond donors (Lipinski definition) is 2. The van der Waals surface area contributed by atoms with Gasteiger partial charge in [-0.2, -0.15) is 0 Å². The van der Waals surface area contributed by atoms with Crippen molar-refractivity contribution < 1.29 is 18.8 Å². The smallest absolute Gasteiger partial charge is 0.322 e. The Bertz CT molecular complexity index is 616. The number of nitrogens with one attached hydrogen (secondary N) is 2. The monoisotopic (exact) mass is 291 g/mol. The second kappa shape index (κ2) is 4.83. The Labute approximate surface area is 120 Å². The minimum Gasteiger partial charge on any atom is -0.339 e. The fourth-order valence-electron chi connectivity index (χ4n) is 2.73. The third-order valence-electron chi connectivity index (χ3n) is 3.91. The predicted octanol–water partition coefficient (Wildman–Crippen LogP) is 0.179. The first kappa shape index (κ1) is 13.5. The Kier molecular flexibility index (Phi) is 3.12. The molecule has 2 heterocycles. The Hall–Kier alpha value is -2.44. The molecule has 0 bridgehead atoms. The summed E-state index contributed by atoms with van der Waals surface area (Å²) in [6.45, 7) is 0.582. The lowest BCUT2D eigenvalue weighted by Crippen LogP contribution is -2.49. The minimum atomic E-state index is -0.991. The van der Waals surface area contributed by atoms with Crippen LogP contribution in [-0.4, -0.2) is 41.4 Å². The number of rotatable bonds is 2. The van der Waals surface area contributed by atoms with Gasteiger partial charge in [-0.15, -0.1) is 0 Å². The van der Waals surface area contributed by atoms with Crippen LogP contribution in [0.25, 0.3) is 0 Å². The molecule has 6 nitrogen and oxygen atoms in total. The second-order valence-corrected chi connectivity index (χ2v) is 5.36. The van der Waals surface area contributed by atoms with Crippen LogP contribution in [0.1, 0.15) is 12.0 Å². The van der Waals surface area contributed by atoms with E-state index in [1.54, 1.807) is 17.0 Å². The van der Waals surface area contributed by atoms with Crippen molar-refractivity contribution in [3.05, 3.63) is 35.6 Å². The van der Waals surface area contributed by atoms with Crippen molar-refractivity contribution in [2.45, 2.75) is 18.4 Å². The molecule has 7 heteroatoms. The van der Waals surface area contributed by atoms with Crippen molar-refractivity contribution in [3.63, 3.8) is 0 Å². The molecule has 2 aliphatic rings. The highest BCUT2D eigenvalue weighted by Gasteiger charge is 2.51. The molecule has 3 rings (SSSR count). The van der Waals surface area contributed by atoms with Gasteiger partial charge >= 0.3 is 6.03 Å². The quantitative estimate of drug-likeness (QED) is 0.763. The van der Waals surface area contributed by atoms with Crippen LogP contribution in [0.2, 0.25) is 0 Å². The molecule has 0 saturated carbocycles. The van der Waals surface area contributed by atoms with E-state index in [2.05, 4.69) is 10.6 Å². The number of carbonyl (C=O) groups excluding carboxylic acids is 3. The molecule has 2 fully saturated rings. The number of benzene rings is 1. The highest BCUT2D eigenvalue weighted by Crippen LogP contribution is 2.25. The average Bonchev–Trinajstić information content (AvgIpc) is 2.97. The number of nitrogens with zero attached hydrogens (tertiary/aromatic N) is 1. The third-order valence-corrected chi connectivity index (χ3v) is 3.91. The molecule has 2 aliphatic heterocycles. The molecule has 2 N–H and O–H groups in total. The Morgan fingerprint density at radius 3 is 2.62 bits per heavy atom. The molecule has 0 radical (unpaired) electrons. The first-order chi connectivity index (χ1) is 9.98. The van der Waals surface area contributed by atoms with E-state index in [9.17, 15) is 18.8 Å². The molecule has 21 heavy (non-hydrogen) atoms. The maximum Gasteiger partial charge on any atom is 0.322 e. The van der Waals surface area contributed by atoms with Gasteiger partial charge in [-0.05, 0) is 24.1 Å². The first-order valence-corrected chi connectivity index (χ1v) is 6.64. The van der Waals surface area contributed by atoms with E-state index in [0.717, 1.165) is 0 Å². The largest absolute Gasteiger partial charge is 0.339 e. The molecule has 1 atom stereocenters. The van der Waals surface area contributed by atoms with Crippen molar-refractivity contribution >= 4 is 17.8 Å². The number of amides is 4. The highest BCUT2D eigenvalue weighted by molar-refractivity contribution is 6.07. The van der Waals surface area contributed by atoms with Crippen molar-refractivity contribution in [1.82, 2.24) is 15.5 Å². The van der Waals surface area contributed by atoms with E-state index in [4.69, 9.17) is 0 Å². The third kappa shape index (κ3) is 2.46. The molecule has 0 aromatic heterocycles. The van der Waals surface area contributed by atoms with Gasteiger partial charge in [0.1, 0.15) is 11.4 Å². The van der Waals surface area contributed by atoms with Gasteiger partial charge in [0.2, 0.25) is 5.91 Å². The zero-order chi connectivity index (χ0) is 15.0. The summed E-state index contributed by atoms with van der Waals surface area (Å²) in [5.41, 5.74) is -0.280. The van der Waals surface area contributed by atoms with Crippen molar-refractivity contribution in [2.24, 2.45) is 0 Å². The first-order valence-electron chi connectivity index (χ1n) is 6.64. The molecule has 4 amide bonds. The Balaban J connectivity index is 1.66. The van der Waals surface area contributed by atoms with Crippen LogP contribution in [-0.2, 0) is 16.0 Å². The maximum atomic E-state index is 12.8. The lowest BCUT2D eigenvalue weighted by Gasteiger charge is -2.21. The van der Waals surface area contributed by atoms with Gasteiger partial charge in [0.05, 0.1) is 13.0 Å². The van der Waals surface area contributed by atoms with Gasteiger partial charge in [-0.1, -0.05) is 12.1 Å². The van der Waals surface area contributed by atoms with Crippen LogP contribution >= 0.6 is 0 Å².